The van der Waals surface area contributed by atoms with Gasteiger partial charge in [-0.1, -0.05) is 45.9 Å². The highest BCUT2D eigenvalue weighted by Crippen LogP contribution is 2.21. The number of aliphatic hydroxyl groups is 1. The SMILES string of the molecule is CC(C)CN(CC(O)CN(CC(C)C)S(=O)(=O)c1ccc(N)cc1)S(=O)(=O)c1ccccc1. The Bertz CT molecular complexity index is 1090. The van der Waals surface area contributed by atoms with Gasteiger partial charge in [0.15, 0.2) is 0 Å². The highest BCUT2D eigenvalue weighted by molar-refractivity contribution is 7.89. The quantitative estimate of drug-likeness (QED) is 0.435. The Hall–Kier alpha value is -1.98. The number of anilines is 1. The van der Waals surface area contributed by atoms with E-state index >= 15 is 0 Å². The molecule has 0 aliphatic carbocycles. The first-order chi connectivity index (χ1) is 15.3. The smallest absolute Gasteiger partial charge is 0.243 e. The van der Waals surface area contributed by atoms with E-state index in [-0.39, 0.29) is 47.8 Å². The monoisotopic (exact) mass is 497 g/mol. The van der Waals surface area contributed by atoms with E-state index in [2.05, 4.69) is 0 Å². The van der Waals surface area contributed by atoms with Crippen LogP contribution < -0.4 is 5.73 Å². The molecule has 184 valence electrons. The van der Waals surface area contributed by atoms with Gasteiger partial charge in [0.25, 0.3) is 0 Å². The first kappa shape index (κ1) is 27.3. The molecule has 0 fully saturated rings. The second kappa shape index (κ2) is 11.4. The van der Waals surface area contributed by atoms with Crippen LogP contribution >= 0.6 is 0 Å². The van der Waals surface area contributed by atoms with E-state index in [0.29, 0.717) is 5.69 Å². The minimum Gasteiger partial charge on any atom is -0.399 e. The van der Waals surface area contributed by atoms with Crippen LogP contribution in [0, 0.1) is 11.8 Å². The van der Waals surface area contributed by atoms with Crippen LogP contribution in [0.25, 0.3) is 0 Å². The molecule has 2 rings (SSSR count). The second-order valence-corrected chi connectivity index (χ2v) is 12.8. The molecule has 2 aromatic carbocycles. The van der Waals surface area contributed by atoms with Gasteiger partial charge in [-0.25, -0.2) is 16.8 Å². The maximum absolute atomic E-state index is 13.2. The van der Waals surface area contributed by atoms with Crippen molar-refractivity contribution in [2.24, 2.45) is 11.8 Å². The molecule has 0 aliphatic rings. The number of hydrogen-bond acceptors (Lipinski definition) is 6. The number of hydrogen-bond donors (Lipinski definition) is 2. The molecule has 0 saturated heterocycles. The molecule has 0 aromatic heterocycles. The average Bonchev–Trinajstić information content (AvgIpc) is 2.73. The van der Waals surface area contributed by atoms with Gasteiger partial charge in [-0.2, -0.15) is 8.61 Å². The third-order valence-corrected chi connectivity index (χ3v) is 8.56. The number of benzene rings is 2. The maximum Gasteiger partial charge on any atom is 0.243 e. The summed E-state index contributed by atoms with van der Waals surface area (Å²) in [6.07, 6.45) is -1.22. The summed E-state index contributed by atoms with van der Waals surface area (Å²) in [6, 6.07) is 13.9. The van der Waals surface area contributed by atoms with Crippen LogP contribution in [-0.4, -0.2) is 62.8 Å². The molecule has 3 N–H and O–H groups in total. The van der Waals surface area contributed by atoms with Gasteiger partial charge >= 0.3 is 0 Å². The van der Waals surface area contributed by atoms with E-state index in [1.54, 1.807) is 18.2 Å². The Balaban J connectivity index is 2.29. The molecule has 2 aromatic rings. The average molecular weight is 498 g/mol. The van der Waals surface area contributed by atoms with Crippen LogP contribution in [-0.2, 0) is 20.0 Å². The first-order valence-electron chi connectivity index (χ1n) is 10.9. The van der Waals surface area contributed by atoms with E-state index < -0.39 is 26.2 Å². The summed E-state index contributed by atoms with van der Waals surface area (Å²) in [5, 5.41) is 10.8. The fraction of sp³-hybridized carbons (Fsp3) is 0.478. The Kier molecular flexibility index (Phi) is 9.45. The number of nitrogens with zero attached hydrogens (tertiary/aromatic N) is 2. The van der Waals surface area contributed by atoms with E-state index in [0.717, 1.165) is 0 Å². The van der Waals surface area contributed by atoms with Crippen LogP contribution in [0.3, 0.4) is 0 Å². The lowest BCUT2D eigenvalue weighted by atomic mass is 10.2. The lowest BCUT2D eigenvalue weighted by Gasteiger charge is -2.30. The van der Waals surface area contributed by atoms with Crippen molar-refractivity contribution < 1.29 is 21.9 Å². The second-order valence-electron chi connectivity index (χ2n) is 8.97. The molecule has 0 heterocycles. The van der Waals surface area contributed by atoms with Crippen molar-refractivity contribution in [1.82, 2.24) is 8.61 Å². The fourth-order valence-corrected chi connectivity index (χ4v) is 6.72. The lowest BCUT2D eigenvalue weighted by Crippen LogP contribution is -2.46. The Labute approximate surface area is 198 Å². The minimum atomic E-state index is -3.90. The Morgan fingerprint density at radius 3 is 1.48 bits per heavy atom. The summed E-state index contributed by atoms with van der Waals surface area (Å²) in [7, 11) is -7.76. The molecular formula is C23H35N3O5S2. The number of aliphatic hydroxyl groups excluding tert-OH is 1. The van der Waals surface area contributed by atoms with Crippen LogP contribution in [0.5, 0.6) is 0 Å². The number of nitrogen functional groups attached to an aromatic ring is 1. The zero-order valence-corrected chi connectivity index (χ0v) is 21.3. The van der Waals surface area contributed by atoms with E-state index in [9.17, 15) is 21.9 Å². The minimum absolute atomic E-state index is 0.000533. The molecule has 1 atom stereocenters. The normalized spacial score (nSPS) is 13.8. The number of sulfonamides is 2. The van der Waals surface area contributed by atoms with Gasteiger partial charge in [0.05, 0.1) is 15.9 Å². The summed E-state index contributed by atoms with van der Waals surface area (Å²) in [5.74, 6) is 0.0153. The van der Waals surface area contributed by atoms with E-state index in [4.69, 9.17) is 5.73 Å². The molecule has 0 bridgehead atoms. The van der Waals surface area contributed by atoms with Crippen molar-refractivity contribution in [2.75, 3.05) is 31.9 Å². The number of rotatable bonds is 12. The van der Waals surface area contributed by atoms with Gasteiger partial charge in [0, 0.05) is 31.9 Å². The summed E-state index contributed by atoms with van der Waals surface area (Å²) in [5.41, 5.74) is 6.12. The van der Waals surface area contributed by atoms with Gasteiger partial charge in [0.2, 0.25) is 20.0 Å². The summed E-state index contributed by atoms with van der Waals surface area (Å²) in [6.45, 7) is 7.45. The Morgan fingerprint density at radius 2 is 1.09 bits per heavy atom. The molecule has 10 heteroatoms. The third kappa shape index (κ3) is 7.51. The molecule has 8 nitrogen and oxygen atoms in total. The molecular weight excluding hydrogens is 462 g/mol. The van der Waals surface area contributed by atoms with Crippen LogP contribution in [0.15, 0.2) is 64.4 Å². The van der Waals surface area contributed by atoms with Crippen molar-refractivity contribution in [1.29, 1.82) is 0 Å². The first-order valence-corrected chi connectivity index (χ1v) is 13.8. The molecule has 1 unspecified atom stereocenters. The summed E-state index contributed by atoms with van der Waals surface area (Å²) in [4.78, 5) is 0.201. The van der Waals surface area contributed by atoms with Gasteiger partial charge in [-0.3, -0.25) is 0 Å². The fourth-order valence-electron chi connectivity index (χ4n) is 3.41. The van der Waals surface area contributed by atoms with Crippen molar-refractivity contribution >= 4 is 25.7 Å². The highest BCUT2D eigenvalue weighted by Gasteiger charge is 2.31. The van der Waals surface area contributed by atoms with Crippen LogP contribution in [0.4, 0.5) is 5.69 Å². The third-order valence-electron chi connectivity index (χ3n) is 4.87. The molecule has 0 radical (unpaired) electrons. The molecule has 0 aliphatic heterocycles. The molecule has 0 amide bonds. The predicted octanol–water partition coefficient (Wildman–Crippen LogP) is 2.62. The van der Waals surface area contributed by atoms with Crippen molar-refractivity contribution in [3.05, 3.63) is 54.6 Å². The predicted molar refractivity (Wildman–Crippen MR) is 130 cm³/mol. The van der Waals surface area contributed by atoms with Gasteiger partial charge in [-0.05, 0) is 48.2 Å². The topological polar surface area (TPSA) is 121 Å². The summed E-state index contributed by atoms with van der Waals surface area (Å²) < 4.78 is 55.3. The van der Waals surface area contributed by atoms with Gasteiger partial charge < -0.3 is 10.8 Å². The molecule has 33 heavy (non-hydrogen) atoms. The standard InChI is InChI=1S/C23H35N3O5S2/c1-18(2)14-25(32(28,29)22-8-6-5-7-9-22)16-21(27)17-26(15-19(3)4)33(30,31)23-12-10-20(24)11-13-23/h5-13,18-19,21,27H,14-17,24H2,1-4H3. The Morgan fingerprint density at radius 1 is 0.697 bits per heavy atom. The van der Waals surface area contributed by atoms with Crippen LogP contribution in [0.1, 0.15) is 27.7 Å². The molecule has 0 spiro atoms. The molecule has 0 saturated carbocycles. The van der Waals surface area contributed by atoms with Crippen molar-refractivity contribution in [2.45, 2.75) is 43.6 Å². The lowest BCUT2D eigenvalue weighted by molar-refractivity contribution is 0.116. The largest absolute Gasteiger partial charge is 0.399 e. The summed E-state index contributed by atoms with van der Waals surface area (Å²) >= 11 is 0. The van der Waals surface area contributed by atoms with Crippen molar-refractivity contribution in [3.8, 4) is 0 Å². The maximum atomic E-state index is 13.2. The zero-order valence-electron chi connectivity index (χ0n) is 19.6. The zero-order chi connectivity index (χ0) is 24.8. The van der Waals surface area contributed by atoms with Gasteiger partial charge in [-0.15, -0.1) is 0 Å². The van der Waals surface area contributed by atoms with Crippen molar-refractivity contribution in [3.63, 3.8) is 0 Å². The van der Waals surface area contributed by atoms with E-state index in [1.165, 1.54) is 45.0 Å². The highest BCUT2D eigenvalue weighted by atomic mass is 32.2. The van der Waals surface area contributed by atoms with Gasteiger partial charge in [0.1, 0.15) is 0 Å². The van der Waals surface area contributed by atoms with E-state index in [1.807, 2.05) is 27.7 Å². The number of nitrogens with two attached hydrogens (primary N) is 1. The van der Waals surface area contributed by atoms with Crippen LogP contribution in [0.2, 0.25) is 0 Å².